The number of carboxylic acids is 1. The van der Waals surface area contributed by atoms with E-state index in [0.717, 1.165) is 10.1 Å². The summed E-state index contributed by atoms with van der Waals surface area (Å²) in [7, 11) is 0. The van der Waals surface area contributed by atoms with Crippen LogP contribution in [0.25, 0.3) is 0 Å². The molecule has 0 saturated carbocycles. The van der Waals surface area contributed by atoms with Gasteiger partial charge in [0.15, 0.2) is 5.75 Å². The summed E-state index contributed by atoms with van der Waals surface area (Å²) in [5.41, 5.74) is 0.207. The largest absolute Gasteiger partial charge is 0.482 e. The zero-order valence-corrected chi connectivity index (χ0v) is 14.0. The lowest BCUT2D eigenvalue weighted by molar-refractivity contribution is -0.143. The molecule has 0 unspecified atom stereocenters. The van der Waals surface area contributed by atoms with Crippen molar-refractivity contribution in [2.45, 2.75) is 27.0 Å². The summed E-state index contributed by atoms with van der Waals surface area (Å²) < 4.78 is 11.5. The van der Waals surface area contributed by atoms with Crippen LogP contribution in [0.5, 0.6) is 5.75 Å². The number of hydrogen-bond acceptors (Lipinski definition) is 5. The molecule has 1 heterocycles. The zero-order chi connectivity index (χ0) is 18.4. The van der Waals surface area contributed by atoms with Crippen molar-refractivity contribution in [2.75, 3.05) is 6.61 Å². The molecule has 0 bridgehead atoms. The van der Waals surface area contributed by atoms with Gasteiger partial charge in [0, 0.05) is 5.69 Å². The molecule has 25 heavy (non-hydrogen) atoms. The Balaban J connectivity index is 2.39. The fourth-order valence-electron chi connectivity index (χ4n) is 2.31. The van der Waals surface area contributed by atoms with E-state index in [0.29, 0.717) is 5.69 Å². The zero-order valence-electron chi connectivity index (χ0n) is 14.0. The number of esters is 1. The number of pyridine rings is 1. The van der Waals surface area contributed by atoms with E-state index in [2.05, 4.69) is 0 Å². The maximum Gasteiger partial charge on any atom is 0.339 e. The van der Waals surface area contributed by atoms with Crippen LogP contribution in [0.1, 0.15) is 28.5 Å². The SMILES string of the molecule is CCOC(=O)Cn1c(C)cc(C(=O)O)c(OCc2ccccc2)c1=O. The Kier molecular flexibility index (Phi) is 5.94. The molecule has 0 spiro atoms. The average Bonchev–Trinajstić information content (AvgIpc) is 2.58. The van der Waals surface area contributed by atoms with Crippen LogP contribution in [0.4, 0.5) is 0 Å². The molecule has 2 aromatic rings. The number of carboxylic acid groups (broad SMARTS) is 1. The van der Waals surface area contributed by atoms with E-state index in [1.807, 2.05) is 18.2 Å². The summed E-state index contributed by atoms with van der Waals surface area (Å²) in [4.78, 5) is 35.8. The molecule has 0 atom stereocenters. The maximum atomic E-state index is 12.6. The van der Waals surface area contributed by atoms with Crippen molar-refractivity contribution in [3.05, 3.63) is 63.6 Å². The molecule has 0 aliphatic heterocycles. The molecule has 2 rings (SSSR count). The molecule has 0 fully saturated rings. The van der Waals surface area contributed by atoms with Crippen LogP contribution < -0.4 is 10.3 Å². The highest BCUT2D eigenvalue weighted by molar-refractivity contribution is 5.90. The van der Waals surface area contributed by atoms with E-state index >= 15 is 0 Å². The topological polar surface area (TPSA) is 94.8 Å². The molecule has 0 saturated heterocycles. The average molecular weight is 345 g/mol. The number of carbonyl (C=O) groups excluding carboxylic acids is 1. The number of hydrogen-bond donors (Lipinski definition) is 1. The first-order chi connectivity index (χ1) is 11.9. The summed E-state index contributed by atoms with van der Waals surface area (Å²) >= 11 is 0. The smallest absolute Gasteiger partial charge is 0.339 e. The van der Waals surface area contributed by atoms with Crippen molar-refractivity contribution < 1.29 is 24.2 Å². The Morgan fingerprint density at radius 1 is 1.20 bits per heavy atom. The summed E-state index contributed by atoms with van der Waals surface area (Å²) in [6.07, 6.45) is 0. The van der Waals surface area contributed by atoms with Gasteiger partial charge in [-0.1, -0.05) is 30.3 Å². The van der Waals surface area contributed by atoms with Crippen molar-refractivity contribution in [1.82, 2.24) is 4.57 Å². The van der Waals surface area contributed by atoms with Gasteiger partial charge in [-0.25, -0.2) is 4.79 Å². The molecule has 1 aromatic carbocycles. The maximum absolute atomic E-state index is 12.6. The first-order valence-electron chi connectivity index (χ1n) is 7.74. The Labute approximate surface area is 144 Å². The molecule has 0 amide bonds. The summed E-state index contributed by atoms with van der Waals surface area (Å²) in [5.74, 6) is -2.15. The van der Waals surface area contributed by atoms with Crippen molar-refractivity contribution in [2.24, 2.45) is 0 Å². The summed E-state index contributed by atoms with van der Waals surface area (Å²) in [6.45, 7) is 3.14. The molecule has 0 radical (unpaired) electrons. The van der Waals surface area contributed by atoms with Crippen LogP contribution in [0.15, 0.2) is 41.2 Å². The monoisotopic (exact) mass is 345 g/mol. The molecular weight excluding hydrogens is 326 g/mol. The van der Waals surface area contributed by atoms with Crippen LogP contribution in [-0.2, 0) is 22.7 Å². The van der Waals surface area contributed by atoms with Gasteiger partial charge < -0.3 is 14.6 Å². The van der Waals surface area contributed by atoms with Gasteiger partial charge in [0.25, 0.3) is 5.56 Å². The second kappa shape index (κ2) is 8.14. The highest BCUT2D eigenvalue weighted by Gasteiger charge is 2.21. The van der Waals surface area contributed by atoms with Crippen molar-refractivity contribution in [1.29, 1.82) is 0 Å². The molecular formula is C18H19NO6. The third-order valence-corrected chi connectivity index (χ3v) is 3.51. The molecule has 0 aliphatic carbocycles. The second-order valence-electron chi connectivity index (χ2n) is 5.30. The third-order valence-electron chi connectivity index (χ3n) is 3.51. The van der Waals surface area contributed by atoms with Crippen molar-refractivity contribution in [3.8, 4) is 5.75 Å². The number of aryl methyl sites for hydroxylation is 1. The van der Waals surface area contributed by atoms with Gasteiger partial charge in [-0.3, -0.25) is 14.2 Å². The first kappa shape index (κ1) is 18.3. The number of ether oxygens (including phenoxy) is 2. The highest BCUT2D eigenvalue weighted by atomic mass is 16.5. The van der Waals surface area contributed by atoms with Gasteiger partial charge in [0.1, 0.15) is 18.7 Å². The molecule has 0 aliphatic rings. The van der Waals surface area contributed by atoms with Gasteiger partial charge in [-0.15, -0.1) is 0 Å². The van der Waals surface area contributed by atoms with E-state index in [1.165, 1.54) is 6.07 Å². The number of rotatable bonds is 7. The predicted octanol–water partition coefficient (Wildman–Crippen LogP) is 2.00. The lowest BCUT2D eigenvalue weighted by atomic mass is 10.2. The Hall–Kier alpha value is -3.09. The quantitative estimate of drug-likeness (QED) is 0.771. The Bertz CT molecular complexity index is 825. The predicted molar refractivity (Wildman–Crippen MR) is 89.8 cm³/mol. The van der Waals surface area contributed by atoms with Crippen LogP contribution in [0.3, 0.4) is 0 Å². The molecule has 7 nitrogen and oxygen atoms in total. The van der Waals surface area contributed by atoms with E-state index < -0.39 is 17.5 Å². The minimum absolute atomic E-state index is 0.0405. The van der Waals surface area contributed by atoms with Gasteiger partial charge in [-0.05, 0) is 25.5 Å². The lowest BCUT2D eigenvalue weighted by Gasteiger charge is -2.14. The Morgan fingerprint density at radius 2 is 1.88 bits per heavy atom. The second-order valence-corrected chi connectivity index (χ2v) is 5.30. The fourth-order valence-corrected chi connectivity index (χ4v) is 2.31. The van der Waals surface area contributed by atoms with Crippen molar-refractivity contribution >= 4 is 11.9 Å². The van der Waals surface area contributed by atoms with Crippen LogP contribution in [0.2, 0.25) is 0 Å². The minimum Gasteiger partial charge on any atom is -0.482 e. The minimum atomic E-state index is -1.27. The van der Waals surface area contributed by atoms with E-state index in [-0.39, 0.29) is 31.1 Å². The summed E-state index contributed by atoms with van der Waals surface area (Å²) in [6, 6.07) is 10.4. The van der Waals surface area contributed by atoms with E-state index in [1.54, 1.807) is 26.0 Å². The molecule has 7 heteroatoms. The number of nitrogens with zero attached hydrogens (tertiary/aromatic N) is 1. The molecule has 1 N–H and O–H groups in total. The molecule has 1 aromatic heterocycles. The summed E-state index contributed by atoms with van der Waals surface area (Å²) in [5, 5.41) is 9.35. The number of aromatic nitrogens is 1. The molecule has 132 valence electrons. The number of benzene rings is 1. The highest BCUT2D eigenvalue weighted by Crippen LogP contribution is 2.17. The number of carbonyl (C=O) groups is 2. The van der Waals surface area contributed by atoms with Crippen LogP contribution in [0, 0.1) is 6.92 Å². The lowest BCUT2D eigenvalue weighted by Crippen LogP contribution is -2.30. The number of aromatic carboxylic acids is 1. The van der Waals surface area contributed by atoms with Crippen molar-refractivity contribution in [3.63, 3.8) is 0 Å². The fraction of sp³-hybridized carbons (Fsp3) is 0.278. The third kappa shape index (κ3) is 4.47. The van der Waals surface area contributed by atoms with Gasteiger partial charge in [-0.2, -0.15) is 0 Å². The van der Waals surface area contributed by atoms with Gasteiger partial charge >= 0.3 is 11.9 Å². The normalized spacial score (nSPS) is 10.3. The first-order valence-corrected chi connectivity index (χ1v) is 7.74. The van der Waals surface area contributed by atoms with Gasteiger partial charge in [0.2, 0.25) is 0 Å². The Morgan fingerprint density at radius 3 is 2.48 bits per heavy atom. The van der Waals surface area contributed by atoms with Crippen LogP contribution in [-0.4, -0.2) is 28.2 Å². The van der Waals surface area contributed by atoms with E-state index in [9.17, 15) is 19.5 Å². The standard InChI is InChI=1S/C18H19NO6/c1-3-24-15(20)10-19-12(2)9-14(18(22)23)16(17(19)21)25-11-13-7-5-4-6-8-13/h4-9H,3,10-11H2,1-2H3,(H,22,23). The van der Waals surface area contributed by atoms with Gasteiger partial charge in [0.05, 0.1) is 6.61 Å². The van der Waals surface area contributed by atoms with Crippen LogP contribution >= 0.6 is 0 Å². The van der Waals surface area contributed by atoms with E-state index in [4.69, 9.17) is 9.47 Å².